The van der Waals surface area contributed by atoms with Gasteiger partial charge in [-0.2, -0.15) is 0 Å². The normalized spacial score (nSPS) is 12.0. The third-order valence-corrected chi connectivity index (χ3v) is 7.23. The second-order valence-corrected chi connectivity index (χ2v) is 11.2. The lowest BCUT2D eigenvalue weighted by atomic mass is 10.0. The predicted molar refractivity (Wildman–Crippen MR) is 148 cm³/mol. The van der Waals surface area contributed by atoms with Gasteiger partial charge in [0.15, 0.2) is 0 Å². The number of anilines is 1. The Hall–Kier alpha value is -3.43. The van der Waals surface area contributed by atoms with Crippen molar-refractivity contribution in [3.63, 3.8) is 0 Å². The van der Waals surface area contributed by atoms with Crippen molar-refractivity contribution in [1.82, 2.24) is 10.2 Å². The summed E-state index contributed by atoms with van der Waals surface area (Å²) in [6, 6.07) is 20.1. The minimum Gasteiger partial charge on any atom is -0.354 e. The summed E-state index contributed by atoms with van der Waals surface area (Å²) in [7, 11) is -3.92. The van der Waals surface area contributed by atoms with Gasteiger partial charge in [-0.05, 0) is 53.9 Å². The summed E-state index contributed by atoms with van der Waals surface area (Å²) < 4.78 is 39.8. The topological polar surface area (TPSA) is 86.8 Å². The molecular formula is C28H31ClFN3O4S. The van der Waals surface area contributed by atoms with E-state index in [-0.39, 0.29) is 24.6 Å². The summed E-state index contributed by atoms with van der Waals surface area (Å²) in [6.07, 6.45) is 1.90. The van der Waals surface area contributed by atoms with E-state index in [1.165, 1.54) is 17.0 Å². The predicted octanol–water partition coefficient (Wildman–Crippen LogP) is 4.41. The Morgan fingerprint density at radius 2 is 1.63 bits per heavy atom. The number of sulfonamides is 1. The molecule has 0 bridgehead atoms. The molecule has 3 aromatic carbocycles. The fourth-order valence-electron chi connectivity index (χ4n) is 3.97. The second kappa shape index (κ2) is 13.4. The molecule has 38 heavy (non-hydrogen) atoms. The van der Waals surface area contributed by atoms with E-state index in [0.717, 1.165) is 28.3 Å². The largest absolute Gasteiger partial charge is 0.354 e. The maximum Gasteiger partial charge on any atom is 0.244 e. The monoisotopic (exact) mass is 559 g/mol. The fraction of sp³-hybridized carbons (Fsp3) is 0.286. The van der Waals surface area contributed by atoms with Crippen molar-refractivity contribution >= 4 is 39.1 Å². The molecule has 2 amide bonds. The highest BCUT2D eigenvalue weighted by Crippen LogP contribution is 2.21. The maximum absolute atomic E-state index is 13.9. The van der Waals surface area contributed by atoms with Gasteiger partial charge in [0.1, 0.15) is 18.4 Å². The highest BCUT2D eigenvalue weighted by atomic mass is 35.5. The molecule has 0 fully saturated rings. The number of hydrogen-bond donors (Lipinski definition) is 1. The van der Waals surface area contributed by atoms with Gasteiger partial charge in [0, 0.05) is 24.5 Å². The van der Waals surface area contributed by atoms with Gasteiger partial charge in [-0.25, -0.2) is 12.8 Å². The number of rotatable bonds is 12. The molecule has 1 atom stereocenters. The first-order chi connectivity index (χ1) is 18.1. The molecule has 0 aromatic heterocycles. The van der Waals surface area contributed by atoms with Crippen LogP contribution in [0.4, 0.5) is 10.1 Å². The van der Waals surface area contributed by atoms with E-state index in [9.17, 15) is 22.4 Å². The van der Waals surface area contributed by atoms with Crippen molar-refractivity contribution in [2.45, 2.75) is 32.4 Å². The molecular weight excluding hydrogens is 529 g/mol. The van der Waals surface area contributed by atoms with E-state index in [1.54, 1.807) is 24.3 Å². The lowest BCUT2D eigenvalue weighted by Gasteiger charge is -2.33. The molecule has 0 saturated heterocycles. The molecule has 3 aromatic rings. The van der Waals surface area contributed by atoms with E-state index < -0.39 is 34.3 Å². The Balaban J connectivity index is 2.03. The van der Waals surface area contributed by atoms with Crippen LogP contribution in [0.3, 0.4) is 0 Å². The summed E-state index contributed by atoms with van der Waals surface area (Å²) in [5, 5.41) is 3.34. The molecule has 0 spiro atoms. The van der Waals surface area contributed by atoms with E-state index in [2.05, 4.69) is 5.32 Å². The molecule has 0 aliphatic heterocycles. The van der Waals surface area contributed by atoms with Gasteiger partial charge in [0.05, 0.1) is 11.9 Å². The minimum atomic E-state index is -3.92. The average molecular weight is 560 g/mol. The molecule has 0 unspecified atom stereocenters. The highest BCUT2D eigenvalue weighted by Gasteiger charge is 2.33. The summed E-state index contributed by atoms with van der Waals surface area (Å²) >= 11 is 6.18. The van der Waals surface area contributed by atoms with Gasteiger partial charge >= 0.3 is 0 Å². The Bertz CT molecular complexity index is 1340. The van der Waals surface area contributed by atoms with E-state index >= 15 is 0 Å². The van der Waals surface area contributed by atoms with E-state index in [1.807, 2.05) is 37.3 Å². The number of carbonyl (C=O) groups is 2. The summed E-state index contributed by atoms with van der Waals surface area (Å²) in [5.41, 5.74) is 1.66. The summed E-state index contributed by atoms with van der Waals surface area (Å²) in [4.78, 5) is 28.6. The van der Waals surface area contributed by atoms with Crippen LogP contribution in [-0.4, -0.2) is 50.5 Å². The van der Waals surface area contributed by atoms with Crippen molar-refractivity contribution in [2.75, 3.05) is 23.7 Å². The molecule has 0 radical (unpaired) electrons. The Labute approximate surface area is 228 Å². The van der Waals surface area contributed by atoms with Crippen LogP contribution in [0.25, 0.3) is 0 Å². The van der Waals surface area contributed by atoms with E-state index in [4.69, 9.17) is 11.6 Å². The second-order valence-electron chi connectivity index (χ2n) is 8.89. The van der Waals surface area contributed by atoms with Crippen molar-refractivity contribution in [2.24, 2.45) is 0 Å². The first-order valence-electron chi connectivity index (χ1n) is 12.2. The maximum atomic E-state index is 13.9. The van der Waals surface area contributed by atoms with Crippen molar-refractivity contribution < 1.29 is 22.4 Å². The smallest absolute Gasteiger partial charge is 0.244 e. The number of halogens is 2. The molecule has 0 heterocycles. The van der Waals surface area contributed by atoms with Gasteiger partial charge in [-0.3, -0.25) is 13.9 Å². The van der Waals surface area contributed by atoms with Crippen LogP contribution in [0.2, 0.25) is 5.02 Å². The van der Waals surface area contributed by atoms with Gasteiger partial charge in [0.2, 0.25) is 21.8 Å². The molecule has 0 aliphatic rings. The third kappa shape index (κ3) is 8.29. The number of carbonyl (C=O) groups excluding carboxylic acids is 2. The quantitative estimate of drug-likeness (QED) is 0.356. The Morgan fingerprint density at radius 1 is 0.974 bits per heavy atom. The molecule has 10 heteroatoms. The number of nitrogens with one attached hydrogen (secondary N) is 1. The number of hydrogen-bond acceptors (Lipinski definition) is 4. The lowest BCUT2D eigenvalue weighted by Crippen LogP contribution is -2.53. The summed E-state index contributed by atoms with van der Waals surface area (Å²) in [6.45, 7) is 1.80. The first kappa shape index (κ1) is 29.1. The summed E-state index contributed by atoms with van der Waals surface area (Å²) in [5.74, 6) is -1.47. The number of benzene rings is 3. The van der Waals surface area contributed by atoms with Gasteiger partial charge in [-0.1, -0.05) is 61.0 Å². The first-order valence-corrected chi connectivity index (χ1v) is 14.4. The molecule has 1 N–H and O–H groups in total. The SMILES string of the molecule is CCCNC(=O)[C@H](Cc1ccccc1)N(Cc1cccc(Cl)c1)C(=O)CN(c1ccc(F)cc1)S(C)(=O)=O. The van der Waals surface area contributed by atoms with Crippen LogP contribution >= 0.6 is 11.6 Å². The fourth-order valence-corrected chi connectivity index (χ4v) is 5.04. The van der Waals surface area contributed by atoms with Crippen molar-refractivity contribution in [3.05, 3.63) is 101 Å². The third-order valence-electron chi connectivity index (χ3n) is 5.86. The van der Waals surface area contributed by atoms with Crippen LogP contribution in [0.15, 0.2) is 78.9 Å². The van der Waals surface area contributed by atoms with Crippen LogP contribution in [0, 0.1) is 5.82 Å². The van der Waals surface area contributed by atoms with Crippen LogP contribution < -0.4 is 9.62 Å². The molecule has 0 saturated carbocycles. The van der Waals surface area contributed by atoms with Gasteiger partial charge in [0.25, 0.3) is 0 Å². The lowest BCUT2D eigenvalue weighted by molar-refractivity contribution is -0.140. The number of nitrogens with zero attached hydrogens (tertiary/aromatic N) is 2. The van der Waals surface area contributed by atoms with Crippen LogP contribution in [0.5, 0.6) is 0 Å². The van der Waals surface area contributed by atoms with Crippen LogP contribution in [-0.2, 0) is 32.6 Å². The average Bonchev–Trinajstić information content (AvgIpc) is 2.88. The van der Waals surface area contributed by atoms with Crippen molar-refractivity contribution in [1.29, 1.82) is 0 Å². The molecule has 7 nitrogen and oxygen atoms in total. The van der Waals surface area contributed by atoms with Crippen molar-refractivity contribution in [3.8, 4) is 0 Å². The standard InChI is InChI=1S/C28H31ClFN3O4S/c1-3-16-31-28(35)26(18-21-8-5-4-6-9-21)32(19-22-10-7-11-23(29)17-22)27(34)20-33(38(2,36)37)25-14-12-24(30)13-15-25/h4-15,17,26H,3,16,18-20H2,1-2H3,(H,31,35)/t26-/m0/s1. The van der Waals surface area contributed by atoms with E-state index in [0.29, 0.717) is 23.6 Å². The molecule has 202 valence electrons. The zero-order valence-electron chi connectivity index (χ0n) is 21.3. The van der Waals surface area contributed by atoms with Gasteiger partial charge in [-0.15, -0.1) is 0 Å². The molecule has 3 rings (SSSR count). The van der Waals surface area contributed by atoms with Gasteiger partial charge < -0.3 is 10.2 Å². The zero-order valence-corrected chi connectivity index (χ0v) is 22.9. The highest BCUT2D eigenvalue weighted by molar-refractivity contribution is 7.92. The molecule has 0 aliphatic carbocycles. The Kier molecular flexibility index (Phi) is 10.3. The van der Waals surface area contributed by atoms with Crippen LogP contribution in [0.1, 0.15) is 24.5 Å². The minimum absolute atomic E-state index is 0.0253. The zero-order chi connectivity index (χ0) is 27.7. The number of amides is 2. The Morgan fingerprint density at radius 3 is 2.24 bits per heavy atom.